The van der Waals surface area contributed by atoms with Gasteiger partial charge in [-0.05, 0) is 98.4 Å². The van der Waals surface area contributed by atoms with Crippen molar-refractivity contribution in [2.24, 2.45) is 0 Å². The number of alkyl carbamates (subject to hydrolysis) is 1. The van der Waals surface area contributed by atoms with E-state index in [-0.39, 0.29) is 12.1 Å². The highest BCUT2D eigenvalue weighted by Crippen LogP contribution is 2.31. The van der Waals surface area contributed by atoms with Crippen molar-refractivity contribution in [1.29, 1.82) is 0 Å². The fraction of sp³-hybridized carbons (Fsp3) is 0.969. The third-order valence-electron chi connectivity index (χ3n) is 10.3. The minimum Gasteiger partial charge on any atom is -0.444 e. The van der Waals surface area contributed by atoms with Crippen molar-refractivity contribution in [3.05, 3.63) is 0 Å². The van der Waals surface area contributed by atoms with Crippen molar-refractivity contribution in [2.75, 3.05) is 59.4 Å². The summed E-state index contributed by atoms with van der Waals surface area (Å²) in [4.78, 5) is 22.8. The lowest BCUT2D eigenvalue weighted by atomic mass is 9.89. The molecule has 6 fully saturated rings. The number of carbonyl (C=O) groups is 1. The topological polar surface area (TPSA) is 63.3 Å². The maximum atomic E-state index is 12.0. The van der Waals surface area contributed by atoms with Crippen LogP contribution < -0.4 is 10.6 Å². The van der Waals surface area contributed by atoms with Crippen molar-refractivity contribution in [3.8, 4) is 0 Å². The first-order valence-electron chi connectivity index (χ1n) is 16.9. The number of nitrogens with zero attached hydrogens (tertiary/aromatic N) is 4. The molecule has 230 valence electrons. The second kappa shape index (κ2) is 14.0. The van der Waals surface area contributed by atoms with Gasteiger partial charge in [-0.1, -0.05) is 6.42 Å². The SMILES string of the molecule is CC(C)(C)OC(=O)NC1CCCC(N2CCN(C3CC3)CC2)C1.CNC1CCCC(N2CCN(C3CC3)CC2)C1. The third-order valence-corrected chi connectivity index (χ3v) is 10.3. The molecule has 0 aromatic heterocycles. The Morgan fingerprint density at radius 1 is 0.600 bits per heavy atom. The van der Waals surface area contributed by atoms with Crippen molar-refractivity contribution < 1.29 is 9.53 Å². The second-order valence-corrected chi connectivity index (χ2v) is 14.6. The molecular weight excluding hydrogens is 500 g/mol. The van der Waals surface area contributed by atoms with Crippen LogP contribution in [0.5, 0.6) is 0 Å². The number of nitrogens with one attached hydrogen (secondary N) is 2. The molecule has 6 aliphatic rings. The van der Waals surface area contributed by atoms with E-state index in [1.165, 1.54) is 117 Å². The number of hydrogen-bond donors (Lipinski definition) is 2. The average molecular weight is 561 g/mol. The molecule has 2 heterocycles. The van der Waals surface area contributed by atoms with Gasteiger partial charge in [0.15, 0.2) is 0 Å². The Balaban J connectivity index is 0.000000168. The molecule has 6 rings (SSSR count). The van der Waals surface area contributed by atoms with E-state index in [1.807, 2.05) is 20.8 Å². The first-order chi connectivity index (χ1) is 19.3. The van der Waals surface area contributed by atoms with E-state index in [2.05, 4.69) is 37.3 Å². The maximum absolute atomic E-state index is 12.0. The minimum absolute atomic E-state index is 0.262. The zero-order valence-corrected chi connectivity index (χ0v) is 26.2. The normalized spacial score (nSPS) is 33.6. The van der Waals surface area contributed by atoms with E-state index < -0.39 is 5.60 Å². The van der Waals surface area contributed by atoms with Crippen LogP contribution in [0.25, 0.3) is 0 Å². The summed E-state index contributed by atoms with van der Waals surface area (Å²) in [6.45, 7) is 15.9. The van der Waals surface area contributed by atoms with Gasteiger partial charge in [0.2, 0.25) is 0 Å². The predicted octanol–water partition coefficient (Wildman–Crippen LogP) is 3.90. The fourth-order valence-corrected chi connectivity index (χ4v) is 7.67. The Kier molecular flexibility index (Phi) is 10.7. The van der Waals surface area contributed by atoms with Gasteiger partial charge in [-0.15, -0.1) is 0 Å². The highest BCUT2D eigenvalue weighted by molar-refractivity contribution is 5.68. The van der Waals surface area contributed by atoms with Gasteiger partial charge in [0, 0.05) is 88.6 Å². The molecule has 4 unspecified atom stereocenters. The van der Waals surface area contributed by atoms with Gasteiger partial charge in [0.25, 0.3) is 0 Å². The first kappa shape index (κ1) is 30.5. The number of amides is 1. The average Bonchev–Trinajstić information content (AvgIpc) is 3.87. The standard InChI is InChI=1S/C18H33N3O2.C14H27N3/c1-18(2,3)23-17(22)19-14-5-4-6-16(13-14)21-11-9-20(10-12-21)15-7-8-15;1-15-12-3-2-4-14(11-12)17-9-7-16(8-10-17)13-5-6-13/h14-16H,4-13H2,1-3H3,(H,19,22);12-15H,2-11H2,1H3. The van der Waals surface area contributed by atoms with Gasteiger partial charge in [-0.2, -0.15) is 0 Å². The van der Waals surface area contributed by atoms with Gasteiger partial charge in [0.1, 0.15) is 5.60 Å². The van der Waals surface area contributed by atoms with Crippen molar-refractivity contribution in [2.45, 2.75) is 140 Å². The summed E-state index contributed by atoms with van der Waals surface area (Å²) in [5.74, 6) is 0. The molecule has 4 saturated carbocycles. The molecule has 4 aliphatic carbocycles. The van der Waals surface area contributed by atoms with Crippen LogP contribution in [0, 0.1) is 0 Å². The molecule has 2 N–H and O–H groups in total. The molecule has 0 aromatic rings. The van der Waals surface area contributed by atoms with Crippen molar-refractivity contribution >= 4 is 6.09 Å². The number of piperazine rings is 2. The summed E-state index contributed by atoms with van der Waals surface area (Å²) < 4.78 is 5.40. The smallest absolute Gasteiger partial charge is 0.407 e. The molecule has 0 aromatic carbocycles. The molecule has 8 heteroatoms. The van der Waals surface area contributed by atoms with Crippen LogP contribution in [0.1, 0.15) is 97.8 Å². The minimum atomic E-state index is -0.419. The Labute approximate surface area is 244 Å². The van der Waals surface area contributed by atoms with Crippen molar-refractivity contribution in [1.82, 2.24) is 30.2 Å². The largest absolute Gasteiger partial charge is 0.444 e. The fourth-order valence-electron chi connectivity index (χ4n) is 7.67. The Bertz CT molecular complexity index is 781. The molecule has 8 nitrogen and oxygen atoms in total. The van der Waals surface area contributed by atoms with Gasteiger partial charge < -0.3 is 15.4 Å². The van der Waals surface area contributed by atoms with Crippen LogP contribution in [0.15, 0.2) is 0 Å². The van der Waals surface area contributed by atoms with E-state index >= 15 is 0 Å². The molecule has 0 bridgehead atoms. The summed E-state index contributed by atoms with van der Waals surface area (Å²) in [5, 5.41) is 6.56. The summed E-state index contributed by atoms with van der Waals surface area (Å²) in [7, 11) is 2.12. The summed E-state index contributed by atoms with van der Waals surface area (Å²) in [5.41, 5.74) is -0.419. The Morgan fingerprint density at radius 2 is 1.00 bits per heavy atom. The van der Waals surface area contributed by atoms with Gasteiger partial charge in [0.05, 0.1) is 0 Å². The number of carbonyl (C=O) groups excluding carboxylic acids is 1. The van der Waals surface area contributed by atoms with Crippen LogP contribution in [0.2, 0.25) is 0 Å². The lowest BCUT2D eigenvalue weighted by molar-refractivity contribution is 0.0427. The number of hydrogen-bond acceptors (Lipinski definition) is 7. The quantitative estimate of drug-likeness (QED) is 0.511. The zero-order chi connectivity index (χ0) is 28.1. The summed E-state index contributed by atoms with van der Waals surface area (Å²) in [6.07, 6.45) is 15.7. The van der Waals surface area contributed by atoms with Crippen LogP contribution in [-0.2, 0) is 4.74 Å². The van der Waals surface area contributed by atoms with Gasteiger partial charge in [-0.3, -0.25) is 19.6 Å². The molecule has 1 amide bonds. The van der Waals surface area contributed by atoms with Crippen LogP contribution in [0.3, 0.4) is 0 Å². The number of ether oxygens (including phenoxy) is 1. The second-order valence-electron chi connectivity index (χ2n) is 14.6. The summed E-state index contributed by atoms with van der Waals surface area (Å²) in [6, 6.07) is 4.39. The van der Waals surface area contributed by atoms with Crippen molar-refractivity contribution in [3.63, 3.8) is 0 Å². The first-order valence-corrected chi connectivity index (χ1v) is 16.9. The van der Waals surface area contributed by atoms with Crippen LogP contribution in [0.4, 0.5) is 4.79 Å². The lowest BCUT2D eigenvalue weighted by Gasteiger charge is -2.42. The Hall–Kier alpha value is -0.930. The van der Waals surface area contributed by atoms with E-state index in [9.17, 15) is 4.79 Å². The highest BCUT2D eigenvalue weighted by atomic mass is 16.6. The third kappa shape index (κ3) is 9.29. The molecule has 40 heavy (non-hydrogen) atoms. The van der Waals surface area contributed by atoms with Crippen LogP contribution in [-0.4, -0.2) is 127 Å². The van der Waals surface area contributed by atoms with E-state index in [4.69, 9.17) is 4.74 Å². The summed E-state index contributed by atoms with van der Waals surface area (Å²) >= 11 is 0. The monoisotopic (exact) mass is 560 g/mol. The van der Waals surface area contributed by atoms with E-state index in [0.29, 0.717) is 6.04 Å². The van der Waals surface area contributed by atoms with Crippen LogP contribution >= 0.6 is 0 Å². The molecule has 2 saturated heterocycles. The highest BCUT2D eigenvalue weighted by Gasteiger charge is 2.36. The molecular formula is C32H60N6O2. The number of rotatable bonds is 6. The molecule has 4 atom stereocenters. The maximum Gasteiger partial charge on any atom is 0.407 e. The Morgan fingerprint density at radius 3 is 1.40 bits per heavy atom. The zero-order valence-electron chi connectivity index (χ0n) is 26.2. The van der Waals surface area contributed by atoms with E-state index in [1.54, 1.807) is 0 Å². The van der Waals surface area contributed by atoms with Gasteiger partial charge >= 0.3 is 6.09 Å². The van der Waals surface area contributed by atoms with E-state index in [0.717, 1.165) is 37.0 Å². The predicted molar refractivity (Wildman–Crippen MR) is 163 cm³/mol. The molecule has 0 radical (unpaired) electrons. The van der Waals surface area contributed by atoms with Gasteiger partial charge in [-0.25, -0.2) is 4.79 Å². The lowest BCUT2D eigenvalue weighted by Crippen LogP contribution is -2.53. The molecule has 2 aliphatic heterocycles. The molecule has 0 spiro atoms.